The first-order chi connectivity index (χ1) is 9.13. The summed E-state index contributed by atoms with van der Waals surface area (Å²) < 4.78 is 5.21. The standard InChI is InChI=1S/C15H25N3O/c1-12(2)4-7-18-8-5-14(6-9-18)16-11-15-10-13(3)17-19-15/h4,10,14,16H,5-9,11H2,1-3H3. The van der Waals surface area contributed by atoms with Crippen LogP contribution in [0, 0.1) is 6.92 Å². The van der Waals surface area contributed by atoms with E-state index in [-0.39, 0.29) is 0 Å². The molecule has 1 saturated heterocycles. The lowest BCUT2D eigenvalue weighted by Crippen LogP contribution is -2.42. The second kappa shape index (κ2) is 6.87. The van der Waals surface area contributed by atoms with Crippen molar-refractivity contribution in [1.29, 1.82) is 0 Å². The monoisotopic (exact) mass is 263 g/mol. The fourth-order valence-electron chi connectivity index (χ4n) is 2.38. The van der Waals surface area contributed by atoms with Gasteiger partial charge in [0.1, 0.15) is 0 Å². The van der Waals surface area contributed by atoms with Crippen molar-refractivity contribution in [1.82, 2.24) is 15.4 Å². The molecule has 1 fully saturated rings. The molecule has 1 aliphatic rings. The molecule has 106 valence electrons. The summed E-state index contributed by atoms with van der Waals surface area (Å²) in [6.07, 6.45) is 4.73. The van der Waals surface area contributed by atoms with Crippen molar-refractivity contribution in [2.45, 2.75) is 46.2 Å². The third-order valence-electron chi connectivity index (χ3n) is 3.59. The first-order valence-electron chi connectivity index (χ1n) is 7.15. The Bertz CT molecular complexity index is 413. The van der Waals surface area contributed by atoms with Crippen LogP contribution in [-0.4, -0.2) is 35.7 Å². The number of likely N-dealkylation sites (tertiary alicyclic amines) is 1. The van der Waals surface area contributed by atoms with Crippen LogP contribution >= 0.6 is 0 Å². The topological polar surface area (TPSA) is 41.3 Å². The van der Waals surface area contributed by atoms with Gasteiger partial charge in [0.15, 0.2) is 5.76 Å². The summed E-state index contributed by atoms with van der Waals surface area (Å²) in [6.45, 7) is 10.5. The quantitative estimate of drug-likeness (QED) is 0.829. The third kappa shape index (κ3) is 4.80. The summed E-state index contributed by atoms with van der Waals surface area (Å²) in [5.74, 6) is 0.935. The highest BCUT2D eigenvalue weighted by atomic mass is 16.5. The van der Waals surface area contributed by atoms with Crippen molar-refractivity contribution in [2.24, 2.45) is 0 Å². The summed E-state index contributed by atoms with van der Waals surface area (Å²) in [5, 5.41) is 7.46. The average molecular weight is 263 g/mol. The van der Waals surface area contributed by atoms with E-state index in [1.165, 1.54) is 31.5 Å². The van der Waals surface area contributed by atoms with Gasteiger partial charge in [-0.2, -0.15) is 0 Å². The highest BCUT2D eigenvalue weighted by Crippen LogP contribution is 2.12. The van der Waals surface area contributed by atoms with Crippen LogP contribution < -0.4 is 5.32 Å². The SMILES string of the molecule is CC(C)=CCN1CCC(NCc2cc(C)no2)CC1. The predicted octanol–water partition coefficient (Wildman–Crippen LogP) is 2.50. The lowest BCUT2D eigenvalue weighted by atomic mass is 10.0. The Balaban J connectivity index is 1.67. The van der Waals surface area contributed by atoms with Gasteiger partial charge in [-0.15, -0.1) is 0 Å². The second-order valence-electron chi connectivity index (χ2n) is 5.67. The number of rotatable bonds is 5. The Kier molecular flexibility index (Phi) is 5.16. The fourth-order valence-corrected chi connectivity index (χ4v) is 2.38. The van der Waals surface area contributed by atoms with E-state index < -0.39 is 0 Å². The third-order valence-corrected chi connectivity index (χ3v) is 3.59. The average Bonchev–Trinajstić information content (AvgIpc) is 2.81. The molecule has 1 aromatic rings. The van der Waals surface area contributed by atoms with E-state index in [4.69, 9.17) is 4.52 Å². The van der Waals surface area contributed by atoms with Crippen molar-refractivity contribution >= 4 is 0 Å². The molecular formula is C15H25N3O. The second-order valence-corrected chi connectivity index (χ2v) is 5.67. The van der Waals surface area contributed by atoms with Crippen LogP contribution in [-0.2, 0) is 6.54 Å². The van der Waals surface area contributed by atoms with E-state index in [1.54, 1.807) is 0 Å². The van der Waals surface area contributed by atoms with Gasteiger partial charge >= 0.3 is 0 Å². The number of hydrogen-bond acceptors (Lipinski definition) is 4. The summed E-state index contributed by atoms with van der Waals surface area (Å²) in [4.78, 5) is 2.52. The Labute approximate surface area is 115 Å². The maximum absolute atomic E-state index is 5.21. The Morgan fingerprint density at radius 3 is 2.79 bits per heavy atom. The van der Waals surface area contributed by atoms with E-state index in [1.807, 2.05) is 13.0 Å². The van der Waals surface area contributed by atoms with Crippen LogP contribution in [0.3, 0.4) is 0 Å². The molecular weight excluding hydrogens is 238 g/mol. The molecule has 0 unspecified atom stereocenters. The fraction of sp³-hybridized carbons (Fsp3) is 0.667. The van der Waals surface area contributed by atoms with Gasteiger partial charge in [0.05, 0.1) is 12.2 Å². The molecule has 1 aliphatic heterocycles. The van der Waals surface area contributed by atoms with Crippen molar-refractivity contribution < 1.29 is 4.52 Å². The molecule has 1 aromatic heterocycles. The van der Waals surface area contributed by atoms with Gasteiger partial charge in [-0.05, 0) is 46.7 Å². The highest BCUT2D eigenvalue weighted by Gasteiger charge is 2.18. The summed E-state index contributed by atoms with van der Waals surface area (Å²) in [5.41, 5.74) is 2.36. The van der Waals surface area contributed by atoms with Crippen LogP contribution in [0.5, 0.6) is 0 Å². The summed E-state index contributed by atoms with van der Waals surface area (Å²) >= 11 is 0. The molecule has 0 saturated carbocycles. The number of piperidine rings is 1. The molecule has 0 atom stereocenters. The Morgan fingerprint density at radius 2 is 2.21 bits per heavy atom. The molecule has 0 bridgehead atoms. The molecule has 19 heavy (non-hydrogen) atoms. The molecule has 2 rings (SSSR count). The first kappa shape index (κ1) is 14.3. The lowest BCUT2D eigenvalue weighted by Gasteiger charge is -2.31. The first-order valence-corrected chi connectivity index (χ1v) is 7.15. The molecule has 1 N–H and O–H groups in total. The molecule has 0 amide bonds. The van der Waals surface area contributed by atoms with Crippen LogP contribution in [0.4, 0.5) is 0 Å². The minimum Gasteiger partial charge on any atom is -0.360 e. The summed E-state index contributed by atoms with van der Waals surface area (Å²) in [6, 6.07) is 2.60. The van der Waals surface area contributed by atoms with Crippen LogP contribution in [0.2, 0.25) is 0 Å². The van der Waals surface area contributed by atoms with Gasteiger partial charge in [-0.1, -0.05) is 16.8 Å². The predicted molar refractivity (Wildman–Crippen MR) is 77.0 cm³/mol. The Hall–Kier alpha value is -1.13. The van der Waals surface area contributed by atoms with E-state index in [0.717, 1.165) is 24.5 Å². The van der Waals surface area contributed by atoms with Crippen LogP contribution in [0.1, 0.15) is 38.1 Å². The number of aryl methyl sites for hydroxylation is 1. The van der Waals surface area contributed by atoms with Gasteiger partial charge < -0.3 is 9.84 Å². The normalized spacial score (nSPS) is 17.6. The van der Waals surface area contributed by atoms with E-state index in [2.05, 4.69) is 35.3 Å². The van der Waals surface area contributed by atoms with E-state index in [0.29, 0.717) is 6.04 Å². The van der Waals surface area contributed by atoms with Crippen molar-refractivity contribution in [3.8, 4) is 0 Å². The Morgan fingerprint density at radius 1 is 1.47 bits per heavy atom. The lowest BCUT2D eigenvalue weighted by molar-refractivity contribution is 0.211. The van der Waals surface area contributed by atoms with Crippen molar-refractivity contribution in [2.75, 3.05) is 19.6 Å². The van der Waals surface area contributed by atoms with Gasteiger partial charge in [0.2, 0.25) is 0 Å². The van der Waals surface area contributed by atoms with Gasteiger partial charge in [-0.25, -0.2) is 0 Å². The van der Waals surface area contributed by atoms with Gasteiger partial charge in [0, 0.05) is 18.7 Å². The minimum atomic E-state index is 0.605. The molecule has 0 aromatic carbocycles. The molecule has 0 aliphatic carbocycles. The zero-order chi connectivity index (χ0) is 13.7. The molecule has 2 heterocycles. The number of nitrogens with one attached hydrogen (secondary N) is 1. The summed E-state index contributed by atoms with van der Waals surface area (Å²) in [7, 11) is 0. The zero-order valence-corrected chi connectivity index (χ0v) is 12.3. The highest BCUT2D eigenvalue weighted by molar-refractivity contribution is 5.03. The number of allylic oxidation sites excluding steroid dienone is 1. The molecule has 4 nitrogen and oxygen atoms in total. The molecule has 0 spiro atoms. The number of hydrogen-bond donors (Lipinski definition) is 1. The van der Waals surface area contributed by atoms with Crippen molar-refractivity contribution in [3.05, 3.63) is 29.2 Å². The maximum atomic E-state index is 5.21. The zero-order valence-electron chi connectivity index (χ0n) is 12.3. The number of aromatic nitrogens is 1. The van der Waals surface area contributed by atoms with Crippen LogP contribution in [0.15, 0.2) is 22.2 Å². The molecule has 4 heteroatoms. The smallest absolute Gasteiger partial charge is 0.150 e. The minimum absolute atomic E-state index is 0.605. The molecule has 0 radical (unpaired) electrons. The van der Waals surface area contributed by atoms with Crippen molar-refractivity contribution in [3.63, 3.8) is 0 Å². The van der Waals surface area contributed by atoms with E-state index in [9.17, 15) is 0 Å². The number of nitrogens with zero attached hydrogens (tertiary/aromatic N) is 2. The van der Waals surface area contributed by atoms with Gasteiger partial charge in [-0.3, -0.25) is 4.90 Å². The largest absolute Gasteiger partial charge is 0.360 e. The maximum Gasteiger partial charge on any atom is 0.150 e. The van der Waals surface area contributed by atoms with Crippen LogP contribution in [0.25, 0.3) is 0 Å². The van der Waals surface area contributed by atoms with E-state index >= 15 is 0 Å². The van der Waals surface area contributed by atoms with Gasteiger partial charge in [0.25, 0.3) is 0 Å².